The summed E-state index contributed by atoms with van der Waals surface area (Å²) in [6.45, 7) is 4.54. The molecule has 1 saturated heterocycles. The highest BCUT2D eigenvalue weighted by molar-refractivity contribution is 5.89. The van der Waals surface area contributed by atoms with E-state index in [2.05, 4.69) is 17.6 Å². The summed E-state index contributed by atoms with van der Waals surface area (Å²) in [6, 6.07) is 6.12. The van der Waals surface area contributed by atoms with Crippen molar-refractivity contribution in [2.24, 2.45) is 0 Å². The Kier molecular flexibility index (Phi) is 5.99. The average molecular weight is 293 g/mol. The van der Waals surface area contributed by atoms with Crippen molar-refractivity contribution < 1.29 is 9.18 Å². The van der Waals surface area contributed by atoms with E-state index in [4.69, 9.17) is 0 Å². The minimum atomic E-state index is -0.301. The lowest BCUT2D eigenvalue weighted by atomic mass is 10.0. The van der Waals surface area contributed by atoms with Gasteiger partial charge in [-0.3, -0.25) is 0 Å². The number of halogens is 1. The van der Waals surface area contributed by atoms with Gasteiger partial charge in [0.25, 0.3) is 0 Å². The summed E-state index contributed by atoms with van der Waals surface area (Å²) in [5, 5.41) is 6.30. The number of rotatable bonds is 5. The second-order valence-corrected chi connectivity index (χ2v) is 5.53. The van der Waals surface area contributed by atoms with E-state index in [1.54, 1.807) is 12.1 Å². The number of nitrogens with zero attached hydrogens (tertiary/aromatic N) is 1. The number of carbonyl (C=O) groups excluding carboxylic acids is 1. The molecule has 1 heterocycles. The van der Waals surface area contributed by atoms with Gasteiger partial charge in [0.15, 0.2) is 0 Å². The van der Waals surface area contributed by atoms with Crippen molar-refractivity contribution >= 4 is 11.7 Å². The summed E-state index contributed by atoms with van der Waals surface area (Å²) in [4.78, 5) is 14.2. The zero-order chi connectivity index (χ0) is 15.1. The molecule has 1 aliphatic rings. The number of hydrogen-bond donors (Lipinski definition) is 2. The number of hydrogen-bond acceptors (Lipinski definition) is 2. The smallest absolute Gasteiger partial charge is 0.321 e. The molecule has 2 rings (SSSR count). The van der Waals surface area contributed by atoms with Crippen LogP contribution in [0, 0.1) is 5.82 Å². The summed E-state index contributed by atoms with van der Waals surface area (Å²) in [5.41, 5.74) is 0.624. The monoisotopic (exact) mass is 293 g/mol. The summed E-state index contributed by atoms with van der Waals surface area (Å²) in [5.74, 6) is -0.301. The van der Waals surface area contributed by atoms with Gasteiger partial charge in [0.2, 0.25) is 0 Å². The van der Waals surface area contributed by atoms with E-state index in [1.807, 2.05) is 4.90 Å². The molecular formula is C16H24FN3O. The van der Waals surface area contributed by atoms with Crippen LogP contribution in [0.5, 0.6) is 0 Å². The molecule has 0 aromatic heterocycles. The number of benzene rings is 1. The van der Waals surface area contributed by atoms with Crippen LogP contribution in [0.2, 0.25) is 0 Å². The van der Waals surface area contributed by atoms with Gasteiger partial charge in [0.05, 0.1) is 0 Å². The van der Waals surface area contributed by atoms with Crippen molar-refractivity contribution in [2.45, 2.75) is 38.6 Å². The third-order valence-electron chi connectivity index (χ3n) is 3.73. The molecule has 4 nitrogen and oxygen atoms in total. The molecule has 0 spiro atoms. The third-order valence-corrected chi connectivity index (χ3v) is 3.73. The van der Waals surface area contributed by atoms with Crippen molar-refractivity contribution in [2.75, 3.05) is 25.0 Å². The van der Waals surface area contributed by atoms with Crippen LogP contribution in [0.1, 0.15) is 32.6 Å². The van der Waals surface area contributed by atoms with E-state index in [0.717, 1.165) is 32.5 Å². The summed E-state index contributed by atoms with van der Waals surface area (Å²) < 4.78 is 12.9. The first kappa shape index (κ1) is 15.8. The standard InChI is InChI=1S/C16H24FN3O/c1-2-11-20(12-15-5-3-4-10-18-15)16(21)19-14-8-6-13(17)7-9-14/h6-9,15,18H,2-5,10-12H2,1H3,(H,19,21). The second kappa shape index (κ2) is 7.98. The Morgan fingerprint density at radius 3 is 2.76 bits per heavy atom. The van der Waals surface area contributed by atoms with Gasteiger partial charge in [0.1, 0.15) is 5.82 Å². The van der Waals surface area contributed by atoms with Crippen LogP contribution in [0.3, 0.4) is 0 Å². The molecule has 0 aliphatic carbocycles. The molecule has 0 saturated carbocycles. The molecule has 0 radical (unpaired) electrons. The van der Waals surface area contributed by atoms with Crippen LogP contribution < -0.4 is 10.6 Å². The molecule has 1 atom stereocenters. The largest absolute Gasteiger partial charge is 0.323 e. The quantitative estimate of drug-likeness (QED) is 0.875. The van der Waals surface area contributed by atoms with Crippen LogP contribution in [0.4, 0.5) is 14.9 Å². The number of anilines is 1. The number of carbonyl (C=O) groups is 1. The summed E-state index contributed by atoms with van der Waals surface area (Å²) in [6.07, 6.45) is 4.47. The zero-order valence-corrected chi connectivity index (χ0v) is 12.6. The van der Waals surface area contributed by atoms with Crippen LogP contribution >= 0.6 is 0 Å². The normalized spacial score (nSPS) is 18.3. The first-order valence-corrected chi connectivity index (χ1v) is 7.74. The Morgan fingerprint density at radius 2 is 2.14 bits per heavy atom. The molecule has 2 amide bonds. The molecule has 5 heteroatoms. The molecule has 1 unspecified atom stereocenters. The lowest BCUT2D eigenvalue weighted by Gasteiger charge is -2.30. The fourth-order valence-corrected chi connectivity index (χ4v) is 2.63. The predicted molar refractivity (Wildman–Crippen MR) is 82.9 cm³/mol. The van der Waals surface area contributed by atoms with Crippen LogP contribution in [0.25, 0.3) is 0 Å². The van der Waals surface area contributed by atoms with E-state index in [-0.39, 0.29) is 11.8 Å². The zero-order valence-electron chi connectivity index (χ0n) is 12.6. The first-order chi connectivity index (χ1) is 10.2. The van der Waals surface area contributed by atoms with E-state index < -0.39 is 0 Å². The van der Waals surface area contributed by atoms with Crippen molar-refractivity contribution in [3.05, 3.63) is 30.1 Å². The fraction of sp³-hybridized carbons (Fsp3) is 0.562. The Bertz CT molecular complexity index is 443. The maximum absolute atomic E-state index is 12.9. The molecule has 1 aliphatic heterocycles. The Morgan fingerprint density at radius 1 is 1.38 bits per heavy atom. The lowest BCUT2D eigenvalue weighted by molar-refractivity contribution is 0.199. The minimum absolute atomic E-state index is 0.115. The maximum atomic E-state index is 12.9. The molecule has 1 aromatic carbocycles. The van der Waals surface area contributed by atoms with Crippen molar-refractivity contribution in [1.29, 1.82) is 0 Å². The van der Waals surface area contributed by atoms with Gasteiger partial charge in [-0.1, -0.05) is 13.3 Å². The SMILES string of the molecule is CCCN(CC1CCCCN1)C(=O)Nc1ccc(F)cc1. The van der Waals surface area contributed by atoms with E-state index >= 15 is 0 Å². The van der Waals surface area contributed by atoms with Crippen LogP contribution in [-0.2, 0) is 0 Å². The number of amides is 2. The van der Waals surface area contributed by atoms with Gasteiger partial charge in [-0.2, -0.15) is 0 Å². The predicted octanol–water partition coefficient (Wildman–Crippen LogP) is 3.21. The van der Waals surface area contributed by atoms with Crippen LogP contribution in [-0.4, -0.2) is 36.6 Å². The van der Waals surface area contributed by atoms with Gasteiger partial charge in [-0.05, 0) is 50.1 Å². The topological polar surface area (TPSA) is 44.4 Å². The third kappa shape index (κ3) is 5.01. The number of nitrogens with one attached hydrogen (secondary N) is 2. The summed E-state index contributed by atoms with van der Waals surface area (Å²) >= 11 is 0. The highest BCUT2D eigenvalue weighted by Crippen LogP contribution is 2.12. The van der Waals surface area contributed by atoms with Gasteiger partial charge in [0, 0.05) is 24.8 Å². The number of urea groups is 1. The lowest BCUT2D eigenvalue weighted by Crippen LogP contribution is -2.47. The molecular weight excluding hydrogens is 269 g/mol. The van der Waals surface area contributed by atoms with E-state index in [9.17, 15) is 9.18 Å². The molecule has 2 N–H and O–H groups in total. The van der Waals surface area contributed by atoms with E-state index in [0.29, 0.717) is 11.7 Å². The van der Waals surface area contributed by atoms with Crippen LogP contribution in [0.15, 0.2) is 24.3 Å². The maximum Gasteiger partial charge on any atom is 0.321 e. The van der Waals surface area contributed by atoms with Crippen molar-refractivity contribution in [3.63, 3.8) is 0 Å². The molecule has 0 bridgehead atoms. The average Bonchev–Trinajstić information content (AvgIpc) is 2.50. The molecule has 21 heavy (non-hydrogen) atoms. The fourth-order valence-electron chi connectivity index (χ4n) is 2.63. The van der Waals surface area contributed by atoms with E-state index in [1.165, 1.54) is 25.0 Å². The second-order valence-electron chi connectivity index (χ2n) is 5.53. The Balaban J connectivity index is 1.92. The Hall–Kier alpha value is -1.62. The number of piperidine rings is 1. The minimum Gasteiger partial charge on any atom is -0.323 e. The molecule has 1 fully saturated rings. The van der Waals surface area contributed by atoms with Gasteiger partial charge < -0.3 is 15.5 Å². The molecule has 1 aromatic rings. The van der Waals surface area contributed by atoms with Gasteiger partial charge >= 0.3 is 6.03 Å². The Labute approximate surface area is 125 Å². The van der Waals surface area contributed by atoms with Crippen molar-refractivity contribution in [1.82, 2.24) is 10.2 Å². The highest BCUT2D eigenvalue weighted by atomic mass is 19.1. The molecule has 116 valence electrons. The van der Waals surface area contributed by atoms with Crippen molar-refractivity contribution in [3.8, 4) is 0 Å². The van der Waals surface area contributed by atoms with Gasteiger partial charge in [-0.15, -0.1) is 0 Å². The summed E-state index contributed by atoms with van der Waals surface area (Å²) in [7, 11) is 0. The first-order valence-electron chi connectivity index (χ1n) is 7.74. The van der Waals surface area contributed by atoms with Gasteiger partial charge in [-0.25, -0.2) is 9.18 Å². The highest BCUT2D eigenvalue weighted by Gasteiger charge is 2.20.